The van der Waals surface area contributed by atoms with E-state index in [9.17, 15) is 4.79 Å². The van der Waals surface area contributed by atoms with Gasteiger partial charge < -0.3 is 15.2 Å². The van der Waals surface area contributed by atoms with Crippen molar-refractivity contribution in [3.05, 3.63) is 0 Å². The first kappa shape index (κ1) is 15.2. The number of hydrogen-bond donors (Lipinski definition) is 2. The third-order valence-electron chi connectivity index (χ3n) is 1.59. The van der Waals surface area contributed by atoms with Crippen molar-refractivity contribution in [2.75, 3.05) is 20.3 Å². The molecule has 0 aromatic rings. The number of aliphatic hydroxyl groups excluding tert-OH is 1. The van der Waals surface area contributed by atoms with Crippen molar-refractivity contribution in [3.63, 3.8) is 0 Å². The van der Waals surface area contributed by atoms with E-state index in [0.29, 0.717) is 0 Å². The number of rotatable bonds is 6. The zero-order valence-electron chi connectivity index (χ0n) is 8.08. The van der Waals surface area contributed by atoms with Gasteiger partial charge in [-0.05, 0) is 13.0 Å². The Morgan fingerprint density at radius 2 is 2.23 bits per heavy atom. The lowest BCUT2D eigenvalue weighted by Crippen LogP contribution is -2.41. The minimum Gasteiger partial charge on any atom is -0.468 e. The Morgan fingerprint density at radius 1 is 1.62 bits per heavy atom. The van der Waals surface area contributed by atoms with E-state index in [1.165, 1.54) is 7.11 Å². The zero-order valence-corrected chi connectivity index (χ0v) is 8.89. The molecule has 2 N–H and O–H groups in total. The van der Waals surface area contributed by atoms with Crippen LogP contribution in [0.3, 0.4) is 0 Å². The van der Waals surface area contributed by atoms with E-state index in [1.807, 2.05) is 0 Å². The lowest BCUT2D eigenvalue weighted by Gasteiger charge is -2.12. The predicted molar refractivity (Wildman–Crippen MR) is 53.0 cm³/mol. The summed E-state index contributed by atoms with van der Waals surface area (Å²) in [6.07, 6.45) is 2.06. The standard InChI is InChI=1S/C8H17NO3.ClH/c1-3-4-5-9-7(6-10)8(11)12-2;/h7,9-10H,3-6H2,1-2H3;1H. The molecule has 0 saturated carbocycles. The highest BCUT2D eigenvalue weighted by Gasteiger charge is 2.15. The first-order chi connectivity index (χ1) is 5.76. The highest BCUT2D eigenvalue weighted by atomic mass is 35.5. The maximum absolute atomic E-state index is 10.9. The topological polar surface area (TPSA) is 58.6 Å². The van der Waals surface area contributed by atoms with E-state index in [2.05, 4.69) is 17.0 Å². The van der Waals surface area contributed by atoms with Crippen LogP contribution < -0.4 is 5.32 Å². The molecular formula is C8H18ClNO3. The number of ether oxygens (including phenoxy) is 1. The number of aliphatic hydroxyl groups is 1. The summed E-state index contributed by atoms with van der Waals surface area (Å²) in [6.45, 7) is 2.58. The first-order valence-corrected chi connectivity index (χ1v) is 4.18. The van der Waals surface area contributed by atoms with Gasteiger partial charge in [-0.2, -0.15) is 0 Å². The van der Waals surface area contributed by atoms with Crippen molar-refractivity contribution in [2.45, 2.75) is 25.8 Å². The second-order valence-electron chi connectivity index (χ2n) is 2.57. The van der Waals surface area contributed by atoms with Crippen LogP contribution in [0.1, 0.15) is 19.8 Å². The minimum atomic E-state index is -0.568. The third kappa shape index (κ3) is 6.81. The maximum Gasteiger partial charge on any atom is 0.325 e. The van der Waals surface area contributed by atoms with Crippen molar-refractivity contribution in [1.82, 2.24) is 5.32 Å². The normalized spacial score (nSPS) is 11.6. The van der Waals surface area contributed by atoms with Crippen LogP contribution in [0.2, 0.25) is 0 Å². The second-order valence-corrected chi connectivity index (χ2v) is 2.57. The van der Waals surface area contributed by atoms with Crippen LogP contribution >= 0.6 is 12.4 Å². The molecule has 0 saturated heterocycles. The van der Waals surface area contributed by atoms with Crippen LogP contribution in [0, 0.1) is 0 Å². The molecule has 0 aliphatic carbocycles. The molecule has 4 nitrogen and oxygen atoms in total. The van der Waals surface area contributed by atoms with Gasteiger partial charge in [0.2, 0.25) is 0 Å². The summed E-state index contributed by atoms with van der Waals surface area (Å²) < 4.78 is 4.47. The zero-order chi connectivity index (χ0) is 9.40. The molecule has 80 valence electrons. The van der Waals surface area contributed by atoms with Crippen molar-refractivity contribution in [1.29, 1.82) is 0 Å². The Hall–Kier alpha value is -0.320. The lowest BCUT2D eigenvalue weighted by molar-refractivity contribution is -0.144. The number of unbranched alkanes of at least 4 members (excludes halogenated alkanes) is 1. The molecule has 13 heavy (non-hydrogen) atoms. The van der Waals surface area contributed by atoms with E-state index >= 15 is 0 Å². The number of carbonyl (C=O) groups is 1. The van der Waals surface area contributed by atoms with Gasteiger partial charge in [0.15, 0.2) is 0 Å². The molecule has 0 rings (SSSR count). The summed E-state index contributed by atoms with van der Waals surface area (Å²) >= 11 is 0. The maximum atomic E-state index is 10.9. The molecule has 0 amide bonds. The van der Waals surface area contributed by atoms with Crippen LogP contribution in [-0.2, 0) is 9.53 Å². The monoisotopic (exact) mass is 211 g/mol. The van der Waals surface area contributed by atoms with Gasteiger partial charge in [0.05, 0.1) is 13.7 Å². The fourth-order valence-electron chi connectivity index (χ4n) is 0.818. The van der Waals surface area contributed by atoms with Crippen molar-refractivity contribution in [2.24, 2.45) is 0 Å². The molecule has 0 aromatic carbocycles. The van der Waals surface area contributed by atoms with Crippen molar-refractivity contribution < 1.29 is 14.6 Å². The number of carbonyl (C=O) groups excluding carboxylic acids is 1. The van der Waals surface area contributed by atoms with Crippen LogP contribution in [0.4, 0.5) is 0 Å². The lowest BCUT2D eigenvalue weighted by atomic mass is 10.3. The Morgan fingerprint density at radius 3 is 2.62 bits per heavy atom. The Bertz CT molecular complexity index is 133. The summed E-state index contributed by atoms with van der Waals surface area (Å²) in [7, 11) is 1.31. The fraction of sp³-hybridized carbons (Fsp3) is 0.875. The molecule has 5 heteroatoms. The van der Waals surface area contributed by atoms with Gasteiger partial charge in [0.1, 0.15) is 6.04 Å². The average molecular weight is 212 g/mol. The molecule has 0 heterocycles. The van der Waals surface area contributed by atoms with Crippen LogP contribution in [0.5, 0.6) is 0 Å². The third-order valence-corrected chi connectivity index (χ3v) is 1.59. The van der Waals surface area contributed by atoms with Crippen LogP contribution in [0.15, 0.2) is 0 Å². The van der Waals surface area contributed by atoms with E-state index in [0.717, 1.165) is 19.4 Å². The van der Waals surface area contributed by atoms with Crippen molar-refractivity contribution >= 4 is 18.4 Å². The van der Waals surface area contributed by atoms with Gasteiger partial charge >= 0.3 is 5.97 Å². The fourth-order valence-corrected chi connectivity index (χ4v) is 0.818. The van der Waals surface area contributed by atoms with Gasteiger partial charge in [-0.15, -0.1) is 12.4 Å². The van der Waals surface area contributed by atoms with Gasteiger partial charge in [0.25, 0.3) is 0 Å². The molecule has 0 aromatic heterocycles. The Labute approximate surface area is 85.1 Å². The van der Waals surface area contributed by atoms with E-state index in [-0.39, 0.29) is 19.0 Å². The Balaban J connectivity index is 0. The molecule has 0 radical (unpaired) electrons. The number of methoxy groups -OCH3 is 1. The highest BCUT2D eigenvalue weighted by Crippen LogP contribution is 1.89. The van der Waals surface area contributed by atoms with Gasteiger partial charge in [-0.25, -0.2) is 0 Å². The number of nitrogens with one attached hydrogen (secondary N) is 1. The molecule has 0 bridgehead atoms. The van der Waals surface area contributed by atoms with Gasteiger partial charge in [0, 0.05) is 0 Å². The van der Waals surface area contributed by atoms with E-state index < -0.39 is 12.0 Å². The van der Waals surface area contributed by atoms with Crippen molar-refractivity contribution in [3.8, 4) is 0 Å². The molecule has 0 fully saturated rings. The Kier molecular flexibility index (Phi) is 11.4. The second kappa shape index (κ2) is 9.77. The molecule has 1 unspecified atom stereocenters. The minimum absolute atomic E-state index is 0. The summed E-state index contributed by atoms with van der Waals surface area (Å²) in [4.78, 5) is 10.9. The van der Waals surface area contributed by atoms with E-state index in [4.69, 9.17) is 5.11 Å². The number of esters is 1. The summed E-state index contributed by atoms with van der Waals surface area (Å²) in [5.41, 5.74) is 0. The smallest absolute Gasteiger partial charge is 0.325 e. The predicted octanol–water partition coefficient (Wildman–Crippen LogP) is 0.332. The molecule has 1 atom stereocenters. The molecule has 0 spiro atoms. The van der Waals surface area contributed by atoms with E-state index in [1.54, 1.807) is 0 Å². The van der Waals surface area contributed by atoms with Gasteiger partial charge in [-0.1, -0.05) is 13.3 Å². The van der Waals surface area contributed by atoms with Crippen LogP contribution in [0.25, 0.3) is 0 Å². The molecule has 0 aliphatic heterocycles. The number of halogens is 1. The average Bonchev–Trinajstić information content (AvgIpc) is 2.11. The molecule has 0 aliphatic rings. The van der Waals surface area contributed by atoms with Crippen LogP contribution in [-0.4, -0.2) is 37.4 Å². The first-order valence-electron chi connectivity index (χ1n) is 4.18. The highest BCUT2D eigenvalue weighted by molar-refractivity contribution is 5.85. The largest absolute Gasteiger partial charge is 0.468 e. The number of hydrogen-bond acceptors (Lipinski definition) is 4. The summed E-state index contributed by atoms with van der Waals surface area (Å²) in [6, 6.07) is -0.568. The SMILES string of the molecule is CCCCNC(CO)C(=O)OC.Cl. The van der Waals surface area contributed by atoms with Gasteiger partial charge in [-0.3, -0.25) is 4.79 Å². The molecular weight excluding hydrogens is 194 g/mol. The quantitative estimate of drug-likeness (QED) is 0.491. The summed E-state index contributed by atoms with van der Waals surface area (Å²) in [5, 5.41) is 11.7. The summed E-state index contributed by atoms with van der Waals surface area (Å²) in [5.74, 6) is -0.409.